The monoisotopic (exact) mass is 591 g/mol. The lowest BCUT2D eigenvalue weighted by molar-refractivity contribution is -0.132. The number of unbranched alkanes of at least 4 members (excludes halogenated alkanes) is 2. The quantitative estimate of drug-likeness (QED) is 0.221. The molecule has 11 heteroatoms. The molecule has 43 heavy (non-hydrogen) atoms. The number of rotatable bonds is 13. The van der Waals surface area contributed by atoms with Crippen molar-refractivity contribution in [2.45, 2.75) is 110 Å². The SMILES string of the molecule is CCC(=O)CCCCC[C@@H]1NC(=O)Cn2cc(nn2)[C@H](CCC(C)CC)NC(=O)[C@H](Cc2c[nH]c3ccccc23)NC1=O. The zero-order chi connectivity index (χ0) is 30.8. The minimum atomic E-state index is -0.879. The minimum absolute atomic E-state index is 0.0907. The lowest BCUT2D eigenvalue weighted by Gasteiger charge is -2.25. The van der Waals surface area contributed by atoms with Gasteiger partial charge in [0.25, 0.3) is 0 Å². The van der Waals surface area contributed by atoms with Gasteiger partial charge in [0, 0.05) is 36.4 Å². The zero-order valence-corrected chi connectivity index (χ0v) is 25.5. The van der Waals surface area contributed by atoms with E-state index in [0.717, 1.165) is 42.1 Å². The lowest BCUT2D eigenvalue weighted by Crippen LogP contribution is -2.55. The highest BCUT2D eigenvalue weighted by molar-refractivity contribution is 5.93. The molecule has 3 amide bonds. The number of carbonyl (C=O) groups excluding carboxylic acids is 4. The summed E-state index contributed by atoms with van der Waals surface area (Å²) in [6.45, 7) is 6.07. The fourth-order valence-corrected chi connectivity index (χ4v) is 5.45. The summed E-state index contributed by atoms with van der Waals surface area (Å²) in [5.74, 6) is -0.407. The molecule has 1 aromatic carbocycles. The third kappa shape index (κ3) is 8.98. The maximum atomic E-state index is 13.9. The van der Waals surface area contributed by atoms with Crippen LogP contribution in [-0.2, 0) is 32.1 Å². The predicted octanol–water partition coefficient (Wildman–Crippen LogP) is 3.90. The number of benzene rings is 1. The van der Waals surface area contributed by atoms with Crippen molar-refractivity contribution in [3.8, 4) is 0 Å². The molecule has 11 nitrogen and oxygen atoms in total. The molecule has 0 saturated carbocycles. The number of Topliss-reactive ketones (excluding diaryl/α,β-unsaturated/α-hetero) is 1. The van der Waals surface area contributed by atoms with E-state index in [-0.39, 0.29) is 30.6 Å². The number of aromatic nitrogens is 4. The normalized spacial score (nSPS) is 20.3. The number of carbonyl (C=O) groups is 4. The summed E-state index contributed by atoms with van der Waals surface area (Å²) in [4.78, 5) is 55.6. The van der Waals surface area contributed by atoms with Crippen LogP contribution < -0.4 is 16.0 Å². The van der Waals surface area contributed by atoms with E-state index in [1.54, 1.807) is 6.20 Å². The van der Waals surface area contributed by atoms with Crippen LogP contribution in [0.1, 0.15) is 95.9 Å². The van der Waals surface area contributed by atoms with Gasteiger partial charge in [0.1, 0.15) is 30.1 Å². The van der Waals surface area contributed by atoms with Gasteiger partial charge in [0.2, 0.25) is 17.7 Å². The summed E-state index contributed by atoms with van der Waals surface area (Å²) in [6, 6.07) is 5.71. The molecule has 0 radical (unpaired) electrons. The largest absolute Gasteiger partial charge is 0.361 e. The van der Waals surface area contributed by atoms with Gasteiger partial charge >= 0.3 is 0 Å². The van der Waals surface area contributed by atoms with E-state index >= 15 is 0 Å². The number of nitrogens with zero attached hydrogens (tertiary/aromatic N) is 3. The highest BCUT2D eigenvalue weighted by Crippen LogP contribution is 2.23. The second kappa shape index (κ2) is 15.5. The highest BCUT2D eigenvalue weighted by Gasteiger charge is 2.30. The van der Waals surface area contributed by atoms with Gasteiger partial charge in [0.05, 0.1) is 12.2 Å². The second-order valence-electron chi connectivity index (χ2n) is 11.7. The van der Waals surface area contributed by atoms with Crippen molar-refractivity contribution in [3.63, 3.8) is 0 Å². The summed E-state index contributed by atoms with van der Waals surface area (Å²) >= 11 is 0. The average molecular weight is 592 g/mol. The van der Waals surface area contributed by atoms with E-state index in [9.17, 15) is 19.2 Å². The van der Waals surface area contributed by atoms with Gasteiger partial charge < -0.3 is 20.9 Å². The molecule has 232 valence electrons. The van der Waals surface area contributed by atoms with E-state index in [1.807, 2.05) is 37.4 Å². The smallest absolute Gasteiger partial charge is 0.243 e. The van der Waals surface area contributed by atoms with Crippen molar-refractivity contribution in [1.82, 2.24) is 35.9 Å². The van der Waals surface area contributed by atoms with Gasteiger partial charge in [0.15, 0.2) is 0 Å². The molecule has 1 unspecified atom stereocenters. The summed E-state index contributed by atoms with van der Waals surface area (Å²) in [7, 11) is 0. The average Bonchev–Trinajstić information content (AvgIpc) is 3.64. The fourth-order valence-electron chi connectivity index (χ4n) is 5.45. The van der Waals surface area contributed by atoms with Crippen LogP contribution in [0, 0.1) is 5.92 Å². The first-order valence-electron chi connectivity index (χ1n) is 15.6. The summed E-state index contributed by atoms with van der Waals surface area (Å²) in [6.07, 6.45) is 9.95. The standard InChI is InChI=1S/C32H45N7O4/c1-4-21(3)15-16-26-29-19-39(38-37-29)20-30(41)34-27(14-8-6-7-11-23(40)5-2)31(42)36-28(32(43)35-26)17-22-18-33-25-13-10-9-12-24(22)25/h9-10,12-13,18-19,21,26-28,33H,4-8,11,14-17,20H2,1-3H3,(H,34,41)(H,35,43)(H,36,42)/t21?,26-,27-,28-/m0/s1. The summed E-state index contributed by atoms with van der Waals surface area (Å²) < 4.78 is 1.44. The van der Waals surface area contributed by atoms with Crippen molar-refractivity contribution < 1.29 is 19.2 Å². The molecule has 0 aliphatic carbocycles. The maximum Gasteiger partial charge on any atom is 0.243 e. The maximum absolute atomic E-state index is 13.9. The molecular weight excluding hydrogens is 546 g/mol. The van der Waals surface area contributed by atoms with Crippen LogP contribution in [0.25, 0.3) is 10.9 Å². The Kier molecular flexibility index (Phi) is 11.5. The number of H-pyrrole nitrogens is 1. The molecule has 1 aliphatic rings. The molecule has 0 saturated heterocycles. The fraction of sp³-hybridized carbons (Fsp3) is 0.562. The Labute approximate surface area is 252 Å². The van der Waals surface area contributed by atoms with Crippen molar-refractivity contribution in [1.29, 1.82) is 0 Å². The van der Waals surface area contributed by atoms with Crippen molar-refractivity contribution in [3.05, 3.63) is 47.9 Å². The van der Waals surface area contributed by atoms with E-state index in [0.29, 0.717) is 43.7 Å². The number of ketones is 1. The van der Waals surface area contributed by atoms with Crippen LogP contribution in [0.15, 0.2) is 36.7 Å². The molecule has 3 heterocycles. The molecule has 1 aliphatic heterocycles. The number of hydrogen-bond donors (Lipinski definition) is 4. The Morgan fingerprint density at radius 1 is 0.977 bits per heavy atom. The van der Waals surface area contributed by atoms with Gasteiger partial charge in [-0.05, 0) is 43.2 Å². The van der Waals surface area contributed by atoms with E-state index in [4.69, 9.17) is 0 Å². The van der Waals surface area contributed by atoms with Gasteiger partial charge in [-0.15, -0.1) is 5.10 Å². The highest BCUT2D eigenvalue weighted by atomic mass is 16.2. The van der Waals surface area contributed by atoms with Crippen molar-refractivity contribution >= 4 is 34.4 Å². The molecule has 2 bridgehead atoms. The van der Waals surface area contributed by atoms with Gasteiger partial charge in [-0.2, -0.15) is 0 Å². The molecule has 4 atom stereocenters. The van der Waals surface area contributed by atoms with E-state index < -0.39 is 24.0 Å². The van der Waals surface area contributed by atoms with Crippen LogP contribution in [-0.4, -0.2) is 55.6 Å². The van der Waals surface area contributed by atoms with Crippen LogP contribution in [0.2, 0.25) is 0 Å². The van der Waals surface area contributed by atoms with Crippen LogP contribution >= 0.6 is 0 Å². The third-order valence-corrected chi connectivity index (χ3v) is 8.41. The first-order chi connectivity index (χ1) is 20.8. The number of para-hydroxylation sites is 1. The predicted molar refractivity (Wildman–Crippen MR) is 164 cm³/mol. The Morgan fingerprint density at radius 3 is 2.53 bits per heavy atom. The summed E-state index contributed by atoms with van der Waals surface area (Å²) in [5, 5.41) is 18.4. The van der Waals surface area contributed by atoms with Crippen molar-refractivity contribution in [2.24, 2.45) is 5.92 Å². The Hall–Kier alpha value is -4.02. The molecule has 3 aromatic rings. The summed E-state index contributed by atoms with van der Waals surface area (Å²) in [5.41, 5.74) is 2.44. The Morgan fingerprint density at radius 2 is 1.74 bits per heavy atom. The minimum Gasteiger partial charge on any atom is -0.361 e. The number of nitrogens with one attached hydrogen (secondary N) is 4. The first kappa shape index (κ1) is 31.9. The van der Waals surface area contributed by atoms with E-state index in [2.05, 4.69) is 45.1 Å². The molecule has 4 N–H and O–H groups in total. The van der Waals surface area contributed by atoms with Gasteiger partial charge in [-0.25, -0.2) is 4.68 Å². The molecule has 0 spiro atoms. The first-order valence-corrected chi connectivity index (χ1v) is 15.6. The Balaban J connectivity index is 1.59. The van der Waals surface area contributed by atoms with Crippen LogP contribution in [0.5, 0.6) is 0 Å². The zero-order valence-electron chi connectivity index (χ0n) is 25.5. The molecular formula is C32H45N7O4. The van der Waals surface area contributed by atoms with E-state index in [1.165, 1.54) is 4.68 Å². The topological polar surface area (TPSA) is 151 Å². The number of amides is 3. The van der Waals surface area contributed by atoms with Crippen molar-refractivity contribution in [2.75, 3.05) is 0 Å². The number of aromatic amines is 1. The number of hydrogen-bond acceptors (Lipinski definition) is 6. The lowest BCUT2D eigenvalue weighted by atomic mass is 9.97. The number of fused-ring (bicyclic) bond motifs is 3. The van der Waals surface area contributed by atoms with Crippen LogP contribution in [0.4, 0.5) is 0 Å². The van der Waals surface area contributed by atoms with Crippen LogP contribution in [0.3, 0.4) is 0 Å². The Bertz CT molecular complexity index is 1400. The molecule has 0 fully saturated rings. The van der Waals surface area contributed by atoms with Gasteiger partial charge in [-0.1, -0.05) is 63.4 Å². The molecule has 2 aromatic heterocycles. The second-order valence-corrected chi connectivity index (χ2v) is 11.7. The van der Waals surface area contributed by atoms with Gasteiger partial charge in [-0.3, -0.25) is 19.2 Å². The molecule has 4 rings (SSSR count). The third-order valence-electron chi connectivity index (χ3n) is 8.41.